The van der Waals surface area contributed by atoms with Crippen LogP contribution in [0.4, 0.5) is 0 Å². The molecule has 1 aromatic carbocycles. The average Bonchev–Trinajstić information content (AvgIpc) is 3.00. The molecule has 0 aliphatic rings. The Balaban J connectivity index is 2.14. The first-order valence-corrected chi connectivity index (χ1v) is 14.4. The molecule has 0 saturated carbocycles. The summed E-state index contributed by atoms with van der Waals surface area (Å²) in [6.45, 7) is 16.3. The van der Waals surface area contributed by atoms with Gasteiger partial charge in [0.15, 0.2) is 0 Å². The Morgan fingerprint density at radius 1 is 1.07 bits per heavy atom. The number of aromatic nitrogens is 2. The van der Waals surface area contributed by atoms with Gasteiger partial charge in [-0.2, -0.15) is 5.10 Å². The Morgan fingerprint density at radius 2 is 1.79 bits per heavy atom. The third kappa shape index (κ3) is 6.90. The normalized spacial score (nSPS) is 12.2. The second kappa shape index (κ2) is 11.0. The molecule has 0 unspecified atom stereocenters. The summed E-state index contributed by atoms with van der Waals surface area (Å²) in [6, 6.07) is 7.39. The Hall–Kier alpha value is -1.37. The molecule has 0 aliphatic heterocycles. The molecule has 158 valence electrons. The van der Waals surface area contributed by atoms with Gasteiger partial charge in [0.2, 0.25) is 0 Å². The highest BCUT2D eigenvalue weighted by molar-refractivity contribution is 6.76. The van der Waals surface area contributed by atoms with Gasteiger partial charge < -0.3 is 14.4 Å². The van der Waals surface area contributed by atoms with E-state index in [1.54, 1.807) is 7.11 Å². The maximum absolute atomic E-state index is 5.97. The quantitative estimate of drug-likeness (QED) is 0.346. The van der Waals surface area contributed by atoms with Crippen molar-refractivity contribution in [2.45, 2.75) is 65.5 Å². The monoisotopic (exact) mass is 405 g/mol. The maximum Gasteiger partial charge on any atom is 0.140 e. The molecule has 0 fully saturated rings. The van der Waals surface area contributed by atoms with Gasteiger partial charge >= 0.3 is 0 Å². The third-order valence-corrected chi connectivity index (χ3v) is 6.69. The summed E-state index contributed by atoms with van der Waals surface area (Å²) in [5.74, 6) is 0.881. The van der Waals surface area contributed by atoms with E-state index in [-0.39, 0.29) is 0 Å². The van der Waals surface area contributed by atoms with Crippen LogP contribution in [-0.2, 0) is 17.9 Å². The van der Waals surface area contributed by atoms with Gasteiger partial charge in [-0.05, 0) is 50.2 Å². The van der Waals surface area contributed by atoms with E-state index in [2.05, 4.69) is 50.5 Å². The van der Waals surface area contributed by atoms with Crippen molar-refractivity contribution in [3.05, 3.63) is 23.9 Å². The third-order valence-electron chi connectivity index (χ3n) is 4.99. The van der Waals surface area contributed by atoms with Gasteiger partial charge in [0, 0.05) is 33.0 Å². The fourth-order valence-corrected chi connectivity index (χ4v) is 4.15. The van der Waals surface area contributed by atoms with Crippen molar-refractivity contribution >= 4 is 19.0 Å². The molecule has 0 radical (unpaired) electrons. The molecule has 2 aromatic rings. The molecule has 0 aliphatic carbocycles. The van der Waals surface area contributed by atoms with E-state index in [4.69, 9.17) is 14.6 Å². The molecule has 2 rings (SSSR count). The zero-order valence-corrected chi connectivity index (χ0v) is 19.8. The number of methoxy groups -OCH3 is 1. The van der Waals surface area contributed by atoms with Crippen LogP contribution in [-0.4, -0.2) is 56.1 Å². The van der Waals surface area contributed by atoms with Crippen LogP contribution in [0.15, 0.2) is 18.2 Å². The predicted octanol–water partition coefficient (Wildman–Crippen LogP) is 5.02. The highest BCUT2D eigenvalue weighted by Crippen LogP contribution is 2.25. The van der Waals surface area contributed by atoms with Gasteiger partial charge in [0.25, 0.3) is 0 Å². The van der Waals surface area contributed by atoms with Crippen molar-refractivity contribution in [1.82, 2.24) is 14.7 Å². The van der Waals surface area contributed by atoms with Crippen LogP contribution < -0.4 is 4.74 Å². The Morgan fingerprint density at radius 3 is 2.39 bits per heavy atom. The van der Waals surface area contributed by atoms with Crippen LogP contribution in [0, 0.1) is 0 Å². The van der Waals surface area contributed by atoms with E-state index in [0.717, 1.165) is 49.6 Å². The zero-order valence-electron chi connectivity index (χ0n) is 18.8. The van der Waals surface area contributed by atoms with Gasteiger partial charge in [-0.3, -0.25) is 0 Å². The highest BCUT2D eigenvalue weighted by atomic mass is 28.3. The summed E-state index contributed by atoms with van der Waals surface area (Å²) in [7, 11) is 0.643. The number of hydrogen-bond donors (Lipinski definition) is 0. The molecule has 0 spiro atoms. The summed E-state index contributed by atoms with van der Waals surface area (Å²) in [6.07, 6.45) is 3.33. The molecule has 28 heavy (non-hydrogen) atoms. The lowest BCUT2D eigenvalue weighted by atomic mass is 10.1. The molecule has 5 nitrogen and oxygen atoms in total. The zero-order chi connectivity index (χ0) is 20.6. The minimum absolute atomic E-state index is 0.515. The molecular weight excluding hydrogens is 366 g/mol. The minimum Gasteiger partial charge on any atom is -0.497 e. The number of nitrogens with zero attached hydrogens (tertiary/aromatic N) is 3. The first kappa shape index (κ1) is 22.9. The lowest BCUT2D eigenvalue weighted by molar-refractivity contribution is 0.0813. The minimum atomic E-state index is -1.07. The maximum atomic E-state index is 5.97. The average molecular weight is 406 g/mol. The fraction of sp³-hybridized carbons (Fsp3) is 0.682. The topological polar surface area (TPSA) is 39.5 Å². The number of benzene rings is 1. The molecule has 0 amide bonds. The van der Waals surface area contributed by atoms with Gasteiger partial charge in [-0.15, -0.1) is 0 Å². The van der Waals surface area contributed by atoms with Crippen LogP contribution in [0.1, 0.15) is 32.4 Å². The standard InChI is InChI=1S/C22H39N3O2Si/c1-7-12-24(13-8-2)14-11-21-20-17-19(26-3)9-10-22(20)25(23-21)18-27-15-16-28(4,5)6/h9-10,17H,7-8,11-16,18H2,1-6H3. The van der Waals surface area contributed by atoms with Crippen LogP contribution in [0.25, 0.3) is 10.9 Å². The van der Waals surface area contributed by atoms with Crippen LogP contribution in [0.2, 0.25) is 25.7 Å². The van der Waals surface area contributed by atoms with E-state index in [9.17, 15) is 0 Å². The molecule has 0 N–H and O–H groups in total. The molecule has 6 heteroatoms. The van der Waals surface area contributed by atoms with E-state index in [1.165, 1.54) is 24.3 Å². The van der Waals surface area contributed by atoms with E-state index >= 15 is 0 Å². The van der Waals surface area contributed by atoms with Gasteiger partial charge in [0.05, 0.1) is 18.3 Å². The van der Waals surface area contributed by atoms with Gasteiger partial charge in [-0.1, -0.05) is 33.5 Å². The molecule has 0 saturated heterocycles. The number of rotatable bonds is 13. The Labute approximate surface area is 172 Å². The fourth-order valence-electron chi connectivity index (χ4n) is 3.40. The number of ether oxygens (including phenoxy) is 2. The smallest absolute Gasteiger partial charge is 0.140 e. The van der Waals surface area contributed by atoms with Crippen LogP contribution in [0.5, 0.6) is 5.75 Å². The molecule has 1 aromatic heterocycles. The predicted molar refractivity (Wildman–Crippen MR) is 121 cm³/mol. The van der Waals surface area contributed by atoms with Crippen molar-refractivity contribution < 1.29 is 9.47 Å². The summed E-state index contributed by atoms with van der Waals surface area (Å²) in [5.41, 5.74) is 2.27. The first-order chi connectivity index (χ1) is 13.4. The second-order valence-electron chi connectivity index (χ2n) is 8.77. The summed E-state index contributed by atoms with van der Waals surface area (Å²) in [4.78, 5) is 2.54. The molecular formula is C22H39N3O2Si. The summed E-state index contributed by atoms with van der Waals surface area (Å²) in [5, 5.41) is 6.09. The summed E-state index contributed by atoms with van der Waals surface area (Å²) < 4.78 is 13.4. The SMILES string of the molecule is CCCN(CCC)CCc1nn(COCC[Si](C)(C)C)c2ccc(OC)cc12. The molecule has 1 heterocycles. The summed E-state index contributed by atoms with van der Waals surface area (Å²) >= 11 is 0. The second-order valence-corrected chi connectivity index (χ2v) is 14.4. The molecule has 0 bridgehead atoms. The number of fused-ring (bicyclic) bond motifs is 1. The van der Waals surface area contributed by atoms with Crippen molar-refractivity contribution in [2.75, 3.05) is 33.4 Å². The van der Waals surface area contributed by atoms with Crippen LogP contribution in [0.3, 0.4) is 0 Å². The van der Waals surface area contributed by atoms with Gasteiger partial charge in [0.1, 0.15) is 12.5 Å². The van der Waals surface area contributed by atoms with E-state index < -0.39 is 8.07 Å². The van der Waals surface area contributed by atoms with Crippen molar-refractivity contribution in [3.63, 3.8) is 0 Å². The lowest BCUT2D eigenvalue weighted by Crippen LogP contribution is -2.28. The Kier molecular flexibility index (Phi) is 8.98. The van der Waals surface area contributed by atoms with Crippen molar-refractivity contribution in [1.29, 1.82) is 0 Å². The lowest BCUT2D eigenvalue weighted by Gasteiger charge is -2.20. The van der Waals surface area contributed by atoms with Gasteiger partial charge in [-0.25, -0.2) is 4.68 Å². The largest absolute Gasteiger partial charge is 0.497 e. The van der Waals surface area contributed by atoms with Crippen LogP contribution >= 0.6 is 0 Å². The van der Waals surface area contributed by atoms with E-state index in [1.807, 2.05) is 10.7 Å². The number of hydrogen-bond acceptors (Lipinski definition) is 4. The Bertz CT molecular complexity index is 718. The van der Waals surface area contributed by atoms with Crippen molar-refractivity contribution in [2.24, 2.45) is 0 Å². The first-order valence-electron chi connectivity index (χ1n) is 10.7. The highest BCUT2D eigenvalue weighted by Gasteiger charge is 2.15. The molecule has 0 atom stereocenters. The van der Waals surface area contributed by atoms with E-state index in [0.29, 0.717) is 6.73 Å². The van der Waals surface area contributed by atoms with Crippen molar-refractivity contribution in [3.8, 4) is 5.75 Å².